The molecule has 7 heteroatoms. The predicted molar refractivity (Wildman–Crippen MR) is 99.0 cm³/mol. The predicted octanol–water partition coefficient (Wildman–Crippen LogP) is 2.20. The van der Waals surface area contributed by atoms with Crippen molar-refractivity contribution in [3.63, 3.8) is 0 Å². The van der Waals surface area contributed by atoms with Gasteiger partial charge in [0.25, 0.3) is 5.91 Å². The minimum Gasteiger partial charge on any atom is -0.496 e. The molecule has 0 unspecified atom stereocenters. The van der Waals surface area contributed by atoms with Crippen LogP contribution < -0.4 is 19.5 Å². The van der Waals surface area contributed by atoms with Crippen molar-refractivity contribution in [3.8, 4) is 17.2 Å². The Morgan fingerprint density at radius 1 is 1.15 bits per heavy atom. The quantitative estimate of drug-likeness (QED) is 0.809. The van der Waals surface area contributed by atoms with Gasteiger partial charge in [0.1, 0.15) is 5.75 Å². The molecular formula is C20H22N2O5. The van der Waals surface area contributed by atoms with E-state index in [2.05, 4.69) is 5.32 Å². The largest absolute Gasteiger partial charge is 0.496 e. The summed E-state index contributed by atoms with van der Waals surface area (Å²) in [5, 5.41) is 2.83. The van der Waals surface area contributed by atoms with Crippen molar-refractivity contribution < 1.29 is 23.8 Å². The van der Waals surface area contributed by atoms with Gasteiger partial charge in [0, 0.05) is 26.6 Å². The lowest BCUT2D eigenvalue weighted by Gasteiger charge is -2.21. The number of carbonyl (C=O) groups is 2. The minimum atomic E-state index is -0.237. The van der Waals surface area contributed by atoms with Gasteiger partial charge in [-0.15, -0.1) is 0 Å². The maximum absolute atomic E-state index is 12.3. The first-order chi connectivity index (χ1) is 13.1. The van der Waals surface area contributed by atoms with Crippen LogP contribution in [0.2, 0.25) is 0 Å². The number of para-hydroxylation sites is 1. The molecule has 0 saturated carbocycles. The molecule has 2 amide bonds. The molecule has 0 atom stereocenters. The van der Waals surface area contributed by atoms with Gasteiger partial charge < -0.3 is 24.4 Å². The maximum Gasteiger partial charge on any atom is 0.255 e. The molecule has 1 heterocycles. The summed E-state index contributed by atoms with van der Waals surface area (Å²) >= 11 is 0. The number of hydrogen-bond donors (Lipinski definition) is 1. The monoisotopic (exact) mass is 370 g/mol. The second kappa shape index (κ2) is 8.44. The summed E-state index contributed by atoms with van der Waals surface area (Å²) in [6.45, 7) is 2.88. The number of benzene rings is 2. The van der Waals surface area contributed by atoms with Gasteiger partial charge in [0.05, 0.1) is 12.7 Å². The second-order valence-electron chi connectivity index (χ2n) is 6.08. The second-order valence-corrected chi connectivity index (χ2v) is 6.08. The Bertz CT molecular complexity index is 837. The molecule has 1 aliphatic heterocycles. The molecule has 1 aliphatic rings. The number of amides is 2. The zero-order valence-electron chi connectivity index (χ0n) is 15.4. The number of nitrogens with one attached hydrogen (secondary N) is 1. The van der Waals surface area contributed by atoms with Gasteiger partial charge in [-0.2, -0.15) is 0 Å². The van der Waals surface area contributed by atoms with E-state index in [-0.39, 0.29) is 18.6 Å². The average molecular weight is 370 g/mol. The number of carbonyl (C=O) groups excluding carboxylic acids is 2. The van der Waals surface area contributed by atoms with E-state index < -0.39 is 0 Å². The summed E-state index contributed by atoms with van der Waals surface area (Å²) in [6.07, 6.45) is 0. The van der Waals surface area contributed by atoms with Crippen molar-refractivity contribution in [1.29, 1.82) is 0 Å². The highest BCUT2D eigenvalue weighted by Gasteiger charge is 2.16. The van der Waals surface area contributed by atoms with Crippen LogP contribution in [0.15, 0.2) is 42.5 Å². The van der Waals surface area contributed by atoms with Crippen LogP contribution in [-0.2, 0) is 11.3 Å². The Balaban J connectivity index is 1.57. The van der Waals surface area contributed by atoms with E-state index in [4.69, 9.17) is 14.2 Å². The smallest absolute Gasteiger partial charge is 0.255 e. The van der Waals surface area contributed by atoms with E-state index in [1.54, 1.807) is 29.2 Å². The molecule has 3 rings (SSSR count). The Morgan fingerprint density at radius 3 is 2.70 bits per heavy atom. The molecule has 27 heavy (non-hydrogen) atoms. The molecule has 142 valence electrons. The lowest BCUT2D eigenvalue weighted by molar-refractivity contribution is -0.129. The van der Waals surface area contributed by atoms with E-state index in [1.165, 1.54) is 14.0 Å². The van der Waals surface area contributed by atoms with Gasteiger partial charge in [0.15, 0.2) is 11.5 Å². The van der Waals surface area contributed by atoms with Gasteiger partial charge in [0.2, 0.25) is 12.7 Å². The number of nitrogens with zero attached hydrogens (tertiary/aromatic N) is 1. The van der Waals surface area contributed by atoms with Crippen LogP contribution >= 0.6 is 0 Å². The van der Waals surface area contributed by atoms with Crippen molar-refractivity contribution in [3.05, 3.63) is 53.6 Å². The fourth-order valence-corrected chi connectivity index (χ4v) is 2.84. The van der Waals surface area contributed by atoms with Crippen LogP contribution in [0.1, 0.15) is 22.8 Å². The fourth-order valence-electron chi connectivity index (χ4n) is 2.84. The topological polar surface area (TPSA) is 77.1 Å². The van der Waals surface area contributed by atoms with Gasteiger partial charge in [-0.3, -0.25) is 9.59 Å². The molecule has 0 bridgehead atoms. The Morgan fingerprint density at radius 2 is 1.93 bits per heavy atom. The fraction of sp³-hybridized carbons (Fsp3) is 0.300. The molecule has 0 fully saturated rings. The first kappa shape index (κ1) is 18.6. The zero-order chi connectivity index (χ0) is 19.2. The highest BCUT2D eigenvalue weighted by Crippen LogP contribution is 2.32. The zero-order valence-corrected chi connectivity index (χ0v) is 15.4. The van der Waals surface area contributed by atoms with Crippen molar-refractivity contribution >= 4 is 11.8 Å². The average Bonchev–Trinajstić information content (AvgIpc) is 3.14. The highest BCUT2D eigenvalue weighted by molar-refractivity contribution is 5.96. The van der Waals surface area contributed by atoms with E-state index in [1.807, 2.05) is 18.2 Å². The van der Waals surface area contributed by atoms with Crippen LogP contribution in [0.3, 0.4) is 0 Å². The van der Waals surface area contributed by atoms with E-state index in [0.29, 0.717) is 42.4 Å². The van der Waals surface area contributed by atoms with Gasteiger partial charge in [-0.25, -0.2) is 0 Å². The third kappa shape index (κ3) is 4.49. The SMILES string of the molecule is COc1ccccc1C(=O)NCCN(Cc1ccc2c(c1)OCO2)C(C)=O. The maximum atomic E-state index is 12.3. The normalized spacial score (nSPS) is 11.8. The Hall–Kier alpha value is -3.22. The first-order valence-corrected chi connectivity index (χ1v) is 8.63. The van der Waals surface area contributed by atoms with Crippen molar-refractivity contribution in [2.24, 2.45) is 0 Å². The molecular weight excluding hydrogens is 348 g/mol. The first-order valence-electron chi connectivity index (χ1n) is 8.63. The number of methoxy groups -OCH3 is 1. The lowest BCUT2D eigenvalue weighted by atomic mass is 10.2. The van der Waals surface area contributed by atoms with Crippen molar-refractivity contribution in [2.45, 2.75) is 13.5 Å². The Labute approximate surface area is 157 Å². The van der Waals surface area contributed by atoms with Gasteiger partial charge >= 0.3 is 0 Å². The van der Waals surface area contributed by atoms with Crippen LogP contribution in [-0.4, -0.2) is 43.7 Å². The summed E-state index contributed by atoms with van der Waals surface area (Å²) in [6, 6.07) is 12.6. The molecule has 2 aromatic rings. The van der Waals surface area contributed by atoms with E-state index in [9.17, 15) is 9.59 Å². The number of hydrogen-bond acceptors (Lipinski definition) is 5. The molecule has 0 spiro atoms. The summed E-state index contributed by atoms with van der Waals surface area (Å²) in [5.41, 5.74) is 1.40. The van der Waals surface area contributed by atoms with Crippen molar-refractivity contribution in [1.82, 2.24) is 10.2 Å². The molecule has 0 radical (unpaired) electrons. The molecule has 0 aromatic heterocycles. The molecule has 1 N–H and O–H groups in total. The summed E-state index contributed by atoms with van der Waals surface area (Å²) < 4.78 is 15.9. The van der Waals surface area contributed by atoms with Crippen molar-refractivity contribution in [2.75, 3.05) is 27.0 Å². The van der Waals surface area contributed by atoms with Crippen LogP contribution in [0, 0.1) is 0 Å². The summed E-state index contributed by atoms with van der Waals surface area (Å²) in [5.74, 6) is 1.59. The molecule has 0 aliphatic carbocycles. The number of fused-ring (bicyclic) bond motifs is 1. The lowest BCUT2D eigenvalue weighted by Crippen LogP contribution is -2.37. The molecule has 0 saturated heterocycles. The molecule has 7 nitrogen and oxygen atoms in total. The highest BCUT2D eigenvalue weighted by atomic mass is 16.7. The molecule has 2 aromatic carbocycles. The van der Waals surface area contributed by atoms with Crippen LogP contribution in [0.5, 0.6) is 17.2 Å². The van der Waals surface area contributed by atoms with Gasteiger partial charge in [-0.05, 0) is 29.8 Å². The number of rotatable bonds is 7. The summed E-state index contributed by atoms with van der Waals surface area (Å²) in [7, 11) is 1.52. The van der Waals surface area contributed by atoms with E-state index >= 15 is 0 Å². The number of ether oxygens (including phenoxy) is 3. The van der Waals surface area contributed by atoms with Crippen LogP contribution in [0.25, 0.3) is 0 Å². The van der Waals surface area contributed by atoms with E-state index in [0.717, 1.165) is 5.56 Å². The summed E-state index contributed by atoms with van der Waals surface area (Å²) in [4.78, 5) is 26.0. The minimum absolute atomic E-state index is 0.0702. The third-order valence-electron chi connectivity index (χ3n) is 4.27. The van der Waals surface area contributed by atoms with Gasteiger partial charge in [-0.1, -0.05) is 18.2 Å². The Kier molecular flexibility index (Phi) is 5.80. The standard InChI is InChI=1S/C20H22N2O5/c1-14(23)22(12-15-7-8-18-19(11-15)27-13-26-18)10-9-21-20(24)16-5-3-4-6-17(16)25-2/h3-8,11H,9-10,12-13H2,1-2H3,(H,21,24). The third-order valence-corrected chi connectivity index (χ3v) is 4.27. The van der Waals surface area contributed by atoms with Crippen LogP contribution in [0.4, 0.5) is 0 Å².